The zero-order valence-corrected chi connectivity index (χ0v) is 10.4. The lowest BCUT2D eigenvalue weighted by Crippen LogP contribution is -2.36. The molecule has 0 aliphatic carbocycles. The number of rotatable bonds is 5. The fourth-order valence-electron chi connectivity index (χ4n) is 2.47. The van der Waals surface area contributed by atoms with Crippen molar-refractivity contribution in [3.63, 3.8) is 0 Å². The highest BCUT2D eigenvalue weighted by Crippen LogP contribution is 2.30. The number of benzene rings is 1. The lowest BCUT2D eigenvalue weighted by Gasteiger charge is -2.25. The molecule has 1 unspecified atom stereocenters. The van der Waals surface area contributed by atoms with E-state index in [2.05, 4.69) is 48.3 Å². The van der Waals surface area contributed by atoms with Crippen molar-refractivity contribution in [3.05, 3.63) is 29.8 Å². The van der Waals surface area contributed by atoms with Crippen LogP contribution in [0.25, 0.3) is 0 Å². The van der Waals surface area contributed by atoms with E-state index in [1.165, 1.54) is 24.1 Å². The van der Waals surface area contributed by atoms with Crippen molar-refractivity contribution in [1.82, 2.24) is 5.32 Å². The Kier molecular flexibility index (Phi) is 3.83. The van der Waals surface area contributed by atoms with Gasteiger partial charge < -0.3 is 10.2 Å². The molecule has 0 radical (unpaired) electrons. The molecule has 0 saturated heterocycles. The molecule has 0 amide bonds. The third kappa shape index (κ3) is 2.38. The minimum absolute atomic E-state index is 0.654. The van der Waals surface area contributed by atoms with Crippen molar-refractivity contribution < 1.29 is 0 Å². The Morgan fingerprint density at radius 3 is 2.94 bits per heavy atom. The van der Waals surface area contributed by atoms with Gasteiger partial charge in [-0.15, -0.1) is 0 Å². The molecule has 1 heterocycles. The summed E-state index contributed by atoms with van der Waals surface area (Å²) in [7, 11) is 0. The Morgan fingerprint density at radius 2 is 2.12 bits per heavy atom. The summed E-state index contributed by atoms with van der Waals surface area (Å²) in [6.45, 7) is 7.87. The summed E-state index contributed by atoms with van der Waals surface area (Å²) in [6, 6.07) is 9.44. The predicted molar refractivity (Wildman–Crippen MR) is 70.1 cm³/mol. The second-order valence-corrected chi connectivity index (χ2v) is 4.63. The van der Waals surface area contributed by atoms with Gasteiger partial charge in [-0.25, -0.2) is 0 Å². The number of fused-ring (bicyclic) bond motifs is 1. The predicted octanol–water partition coefficient (Wildman–Crippen LogP) is 2.44. The second-order valence-electron chi connectivity index (χ2n) is 4.63. The van der Waals surface area contributed by atoms with Crippen LogP contribution in [0.15, 0.2) is 24.3 Å². The minimum atomic E-state index is 0.654. The molecule has 0 bridgehead atoms. The summed E-state index contributed by atoms with van der Waals surface area (Å²) < 4.78 is 0. The zero-order chi connectivity index (χ0) is 11.4. The summed E-state index contributed by atoms with van der Waals surface area (Å²) in [5, 5.41) is 3.47. The van der Waals surface area contributed by atoms with Crippen LogP contribution < -0.4 is 10.2 Å². The van der Waals surface area contributed by atoms with E-state index in [1.54, 1.807) is 0 Å². The molecule has 1 aromatic rings. The normalized spacial score (nSPS) is 18.9. The van der Waals surface area contributed by atoms with Crippen LogP contribution in [0, 0.1) is 0 Å². The summed E-state index contributed by atoms with van der Waals surface area (Å²) in [5.74, 6) is 0. The maximum atomic E-state index is 3.47. The molecule has 2 nitrogen and oxygen atoms in total. The molecule has 1 N–H and O–H groups in total. The van der Waals surface area contributed by atoms with Gasteiger partial charge in [0.25, 0.3) is 0 Å². The van der Waals surface area contributed by atoms with E-state index in [0.29, 0.717) is 6.04 Å². The number of hydrogen-bond acceptors (Lipinski definition) is 2. The molecule has 1 aliphatic rings. The van der Waals surface area contributed by atoms with Gasteiger partial charge in [0.05, 0.1) is 0 Å². The van der Waals surface area contributed by atoms with Gasteiger partial charge in [0, 0.05) is 24.8 Å². The first-order valence-electron chi connectivity index (χ1n) is 6.38. The van der Waals surface area contributed by atoms with Gasteiger partial charge in [-0.1, -0.05) is 25.1 Å². The van der Waals surface area contributed by atoms with E-state index in [4.69, 9.17) is 0 Å². The van der Waals surface area contributed by atoms with Crippen molar-refractivity contribution in [2.45, 2.75) is 32.7 Å². The average Bonchev–Trinajstić information content (AvgIpc) is 2.61. The molecule has 1 aliphatic heterocycles. The Bertz CT molecular complexity index is 335. The van der Waals surface area contributed by atoms with Crippen LogP contribution in [0.5, 0.6) is 0 Å². The first kappa shape index (κ1) is 11.5. The fourth-order valence-corrected chi connectivity index (χ4v) is 2.47. The Balaban J connectivity index is 1.94. The molecule has 0 saturated carbocycles. The smallest absolute Gasteiger partial charge is 0.0402 e. The van der Waals surface area contributed by atoms with Gasteiger partial charge in [0.2, 0.25) is 0 Å². The van der Waals surface area contributed by atoms with Crippen LogP contribution in [-0.2, 0) is 6.42 Å². The van der Waals surface area contributed by atoms with Crippen molar-refractivity contribution in [1.29, 1.82) is 0 Å². The summed E-state index contributed by atoms with van der Waals surface area (Å²) >= 11 is 0. The molecule has 0 fully saturated rings. The van der Waals surface area contributed by atoms with E-state index in [0.717, 1.165) is 19.6 Å². The molecule has 2 rings (SSSR count). The SMILES string of the molecule is CCCNCCN1c2ccccc2CC1C. The Hall–Kier alpha value is -1.02. The lowest BCUT2D eigenvalue weighted by molar-refractivity contribution is 0.614. The third-order valence-corrected chi connectivity index (χ3v) is 3.30. The average molecular weight is 218 g/mol. The van der Waals surface area contributed by atoms with E-state index in [-0.39, 0.29) is 0 Å². The zero-order valence-electron chi connectivity index (χ0n) is 10.4. The fraction of sp³-hybridized carbons (Fsp3) is 0.571. The summed E-state index contributed by atoms with van der Waals surface area (Å²) in [5.41, 5.74) is 2.94. The van der Waals surface area contributed by atoms with Gasteiger partial charge in [-0.2, -0.15) is 0 Å². The minimum Gasteiger partial charge on any atom is -0.367 e. The number of para-hydroxylation sites is 1. The van der Waals surface area contributed by atoms with E-state index in [1.807, 2.05) is 0 Å². The monoisotopic (exact) mass is 218 g/mol. The summed E-state index contributed by atoms with van der Waals surface area (Å²) in [6.07, 6.45) is 2.41. The molecular formula is C14H22N2. The Labute approximate surface area is 98.7 Å². The quantitative estimate of drug-likeness (QED) is 0.764. The van der Waals surface area contributed by atoms with Crippen molar-refractivity contribution >= 4 is 5.69 Å². The molecule has 88 valence electrons. The highest BCUT2D eigenvalue weighted by atomic mass is 15.2. The topological polar surface area (TPSA) is 15.3 Å². The maximum Gasteiger partial charge on any atom is 0.0402 e. The van der Waals surface area contributed by atoms with Crippen LogP contribution in [0.2, 0.25) is 0 Å². The molecule has 0 aromatic heterocycles. The molecule has 1 atom stereocenters. The van der Waals surface area contributed by atoms with Crippen LogP contribution in [0.1, 0.15) is 25.8 Å². The first-order chi connectivity index (χ1) is 7.83. The van der Waals surface area contributed by atoms with Gasteiger partial charge in [0.15, 0.2) is 0 Å². The molecule has 0 spiro atoms. The molecule has 2 heteroatoms. The number of anilines is 1. The van der Waals surface area contributed by atoms with Gasteiger partial charge in [-0.05, 0) is 37.9 Å². The molecular weight excluding hydrogens is 196 g/mol. The van der Waals surface area contributed by atoms with Crippen molar-refractivity contribution in [2.75, 3.05) is 24.5 Å². The van der Waals surface area contributed by atoms with E-state index in [9.17, 15) is 0 Å². The van der Waals surface area contributed by atoms with Crippen LogP contribution >= 0.6 is 0 Å². The van der Waals surface area contributed by atoms with Crippen LogP contribution in [-0.4, -0.2) is 25.7 Å². The molecule has 16 heavy (non-hydrogen) atoms. The highest BCUT2D eigenvalue weighted by molar-refractivity contribution is 5.59. The van der Waals surface area contributed by atoms with E-state index < -0.39 is 0 Å². The van der Waals surface area contributed by atoms with Crippen molar-refractivity contribution in [3.8, 4) is 0 Å². The number of nitrogens with one attached hydrogen (secondary N) is 1. The van der Waals surface area contributed by atoms with Crippen LogP contribution in [0.4, 0.5) is 5.69 Å². The molecule has 1 aromatic carbocycles. The largest absolute Gasteiger partial charge is 0.367 e. The van der Waals surface area contributed by atoms with Gasteiger partial charge >= 0.3 is 0 Å². The highest BCUT2D eigenvalue weighted by Gasteiger charge is 2.24. The second kappa shape index (κ2) is 5.35. The van der Waals surface area contributed by atoms with Gasteiger partial charge in [0.1, 0.15) is 0 Å². The van der Waals surface area contributed by atoms with Crippen molar-refractivity contribution in [2.24, 2.45) is 0 Å². The first-order valence-corrected chi connectivity index (χ1v) is 6.38. The standard InChI is InChI=1S/C14H22N2/c1-3-8-15-9-10-16-12(2)11-13-6-4-5-7-14(13)16/h4-7,12,15H,3,8-11H2,1-2H3. The maximum absolute atomic E-state index is 3.47. The van der Waals surface area contributed by atoms with Crippen LogP contribution in [0.3, 0.4) is 0 Å². The van der Waals surface area contributed by atoms with E-state index >= 15 is 0 Å². The number of hydrogen-bond donors (Lipinski definition) is 1. The Morgan fingerprint density at radius 1 is 1.31 bits per heavy atom. The third-order valence-electron chi connectivity index (χ3n) is 3.30. The van der Waals surface area contributed by atoms with Gasteiger partial charge in [-0.3, -0.25) is 0 Å². The number of nitrogens with zero attached hydrogens (tertiary/aromatic N) is 1. The lowest BCUT2D eigenvalue weighted by atomic mass is 10.1. The summed E-state index contributed by atoms with van der Waals surface area (Å²) in [4.78, 5) is 2.53.